The molecule has 0 spiro atoms. The third-order valence-corrected chi connectivity index (χ3v) is 1.91. The molecule has 14 heavy (non-hydrogen) atoms. The summed E-state index contributed by atoms with van der Waals surface area (Å²) in [7, 11) is 0. The van der Waals surface area contributed by atoms with Gasteiger partial charge in [0.15, 0.2) is 0 Å². The summed E-state index contributed by atoms with van der Waals surface area (Å²) in [5, 5.41) is 0.327. The van der Waals surface area contributed by atoms with Crippen LogP contribution in [0.3, 0.4) is 0 Å². The summed E-state index contributed by atoms with van der Waals surface area (Å²) in [5.74, 6) is 0. The van der Waals surface area contributed by atoms with Crippen molar-refractivity contribution in [2.45, 2.75) is 6.42 Å². The van der Waals surface area contributed by atoms with E-state index >= 15 is 0 Å². The first-order valence-electron chi connectivity index (χ1n) is 3.68. The van der Waals surface area contributed by atoms with Gasteiger partial charge in [-0.15, -0.1) is 0 Å². The first kappa shape index (κ1) is 11.0. The average Bonchev–Trinajstić information content (AvgIpc) is 2.08. The molecular formula is C7H7Cl2N3O2. The SMILES string of the molecule is NC(=O)OCCc1cnc(Cl)nc1Cl. The largest absolute Gasteiger partial charge is 0.449 e. The molecule has 1 aromatic rings. The van der Waals surface area contributed by atoms with Gasteiger partial charge in [0, 0.05) is 18.2 Å². The number of hydrogen-bond acceptors (Lipinski definition) is 4. The van der Waals surface area contributed by atoms with Crippen LogP contribution >= 0.6 is 23.2 Å². The number of nitrogens with two attached hydrogens (primary N) is 1. The van der Waals surface area contributed by atoms with Gasteiger partial charge in [-0.05, 0) is 11.6 Å². The van der Waals surface area contributed by atoms with E-state index in [2.05, 4.69) is 14.7 Å². The molecule has 1 amide bonds. The number of aromatic nitrogens is 2. The summed E-state index contributed by atoms with van der Waals surface area (Å²) < 4.78 is 4.52. The van der Waals surface area contributed by atoms with Crippen LogP contribution < -0.4 is 5.73 Å². The Balaban J connectivity index is 2.55. The lowest BCUT2D eigenvalue weighted by Gasteiger charge is -2.02. The zero-order valence-electron chi connectivity index (χ0n) is 7.04. The molecule has 5 nitrogen and oxygen atoms in total. The number of amides is 1. The van der Waals surface area contributed by atoms with Crippen LogP contribution in [-0.4, -0.2) is 22.7 Å². The Labute approximate surface area is 90.2 Å². The molecule has 0 aliphatic carbocycles. The Morgan fingerprint density at radius 2 is 2.29 bits per heavy atom. The molecule has 0 bridgehead atoms. The van der Waals surface area contributed by atoms with E-state index in [0.717, 1.165) is 0 Å². The van der Waals surface area contributed by atoms with Gasteiger partial charge in [-0.25, -0.2) is 14.8 Å². The number of hydrogen-bond donors (Lipinski definition) is 1. The Hall–Kier alpha value is -1.07. The van der Waals surface area contributed by atoms with Crippen molar-refractivity contribution < 1.29 is 9.53 Å². The lowest BCUT2D eigenvalue weighted by atomic mass is 10.2. The van der Waals surface area contributed by atoms with Crippen LogP contribution in [0.4, 0.5) is 4.79 Å². The number of primary amides is 1. The highest BCUT2D eigenvalue weighted by atomic mass is 35.5. The monoisotopic (exact) mass is 235 g/mol. The van der Waals surface area contributed by atoms with E-state index in [-0.39, 0.29) is 17.0 Å². The van der Waals surface area contributed by atoms with Crippen molar-refractivity contribution in [1.29, 1.82) is 0 Å². The van der Waals surface area contributed by atoms with Crippen molar-refractivity contribution in [3.05, 3.63) is 22.2 Å². The minimum Gasteiger partial charge on any atom is -0.449 e. The highest BCUT2D eigenvalue weighted by Crippen LogP contribution is 2.14. The van der Waals surface area contributed by atoms with E-state index in [1.165, 1.54) is 6.20 Å². The summed E-state index contributed by atoms with van der Waals surface area (Å²) in [6, 6.07) is 0. The summed E-state index contributed by atoms with van der Waals surface area (Å²) in [5.41, 5.74) is 5.42. The summed E-state index contributed by atoms with van der Waals surface area (Å²) in [6.07, 6.45) is 1.05. The van der Waals surface area contributed by atoms with Crippen LogP contribution in [0.15, 0.2) is 6.20 Å². The molecule has 0 saturated carbocycles. The average molecular weight is 236 g/mol. The fourth-order valence-electron chi connectivity index (χ4n) is 0.795. The van der Waals surface area contributed by atoms with Gasteiger partial charge in [0.2, 0.25) is 5.28 Å². The second-order valence-corrected chi connectivity index (χ2v) is 3.07. The second-order valence-electron chi connectivity index (χ2n) is 2.37. The fraction of sp³-hybridized carbons (Fsp3) is 0.286. The Morgan fingerprint density at radius 3 is 2.86 bits per heavy atom. The van der Waals surface area contributed by atoms with E-state index in [1.807, 2.05) is 0 Å². The zero-order valence-corrected chi connectivity index (χ0v) is 8.55. The number of rotatable bonds is 3. The van der Waals surface area contributed by atoms with Gasteiger partial charge < -0.3 is 10.5 Å². The maximum atomic E-state index is 10.2. The smallest absolute Gasteiger partial charge is 0.404 e. The number of halogens is 2. The number of carbonyl (C=O) groups is 1. The third kappa shape index (κ3) is 3.35. The second kappa shape index (κ2) is 4.97. The molecule has 0 aromatic carbocycles. The molecule has 0 aliphatic rings. The topological polar surface area (TPSA) is 78.1 Å². The van der Waals surface area contributed by atoms with Crippen LogP contribution in [0.2, 0.25) is 10.4 Å². The summed E-state index contributed by atoms with van der Waals surface area (Å²) in [6.45, 7) is 0.139. The van der Waals surface area contributed by atoms with Crippen molar-refractivity contribution in [2.24, 2.45) is 5.73 Å². The normalized spacial score (nSPS) is 9.86. The van der Waals surface area contributed by atoms with Crippen molar-refractivity contribution in [3.63, 3.8) is 0 Å². The number of nitrogens with zero attached hydrogens (tertiary/aromatic N) is 2. The van der Waals surface area contributed by atoms with Gasteiger partial charge in [-0.3, -0.25) is 0 Å². The Bertz CT molecular complexity index is 346. The van der Waals surface area contributed by atoms with E-state index in [1.54, 1.807) is 0 Å². The van der Waals surface area contributed by atoms with E-state index in [9.17, 15) is 4.79 Å². The molecule has 76 valence electrons. The lowest BCUT2D eigenvalue weighted by Crippen LogP contribution is -2.15. The molecule has 0 aliphatic heterocycles. The van der Waals surface area contributed by atoms with Gasteiger partial charge in [-0.2, -0.15) is 0 Å². The van der Waals surface area contributed by atoms with Crippen molar-refractivity contribution in [1.82, 2.24) is 9.97 Å². The number of carbonyl (C=O) groups excluding carboxylic acids is 1. The van der Waals surface area contributed by atoms with Gasteiger partial charge in [0.1, 0.15) is 5.15 Å². The van der Waals surface area contributed by atoms with E-state index in [0.29, 0.717) is 12.0 Å². The molecule has 7 heteroatoms. The highest BCUT2D eigenvalue weighted by molar-refractivity contribution is 6.32. The van der Waals surface area contributed by atoms with Crippen LogP contribution in [0.1, 0.15) is 5.56 Å². The fourth-order valence-corrected chi connectivity index (χ4v) is 1.20. The molecule has 1 rings (SSSR count). The predicted octanol–water partition coefficient (Wildman–Crippen LogP) is 1.42. The minimum atomic E-state index is -0.823. The standard InChI is InChI=1S/C7H7Cl2N3O2/c8-5-4(1-2-14-7(10)13)3-11-6(9)12-5/h3H,1-2H2,(H2,10,13). The van der Waals surface area contributed by atoms with Crippen LogP contribution in [-0.2, 0) is 11.2 Å². The molecule has 1 heterocycles. The summed E-state index contributed by atoms with van der Waals surface area (Å²) in [4.78, 5) is 17.7. The van der Waals surface area contributed by atoms with Crippen molar-refractivity contribution in [2.75, 3.05) is 6.61 Å². The Kier molecular flexibility index (Phi) is 3.91. The van der Waals surface area contributed by atoms with Crippen LogP contribution in [0, 0.1) is 0 Å². The summed E-state index contributed by atoms with van der Waals surface area (Å²) >= 11 is 11.2. The molecule has 0 unspecified atom stereocenters. The van der Waals surface area contributed by atoms with Gasteiger partial charge in [0.25, 0.3) is 0 Å². The molecular weight excluding hydrogens is 229 g/mol. The van der Waals surface area contributed by atoms with Gasteiger partial charge in [-0.1, -0.05) is 11.6 Å². The molecule has 0 radical (unpaired) electrons. The lowest BCUT2D eigenvalue weighted by molar-refractivity contribution is 0.158. The first-order valence-corrected chi connectivity index (χ1v) is 4.44. The van der Waals surface area contributed by atoms with Crippen molar-refractivity contribution >= 4 is 29.3 Å². The zero-order chi connectivity index (χ0) is 10.6. The molecule has 2 N–H and O–H groups in total. The minimum absolute atomic E-state index is 0.0783. The highest BCUT2D eigenvalue weighted by Gasteiger charge is 2.04. The van der Waals surface area contributed by atoms with E-state index in [4.69, 9.17) is 28.9 Å². The quantitative estimate of drug-likeness (QED) is 0.635. The third-order valence-electron chi connectivity index (χ3n) is 1.40. The molecule has 1 aromatic heterocycles. The predicted molar refractivity (Wildman–Crippen MR) is 51.3 cm³/mol. The number of ether oxygens (including phenoxy) is 1. The first-order chi connectivity index (χ1) is 6.59. The molecule has 0 fully saturated rings. The van der Waals surface area contributed by atoms with Crippen molar-refractivity contribution in [3.8, 4) is 0 Å². The molecule has 0 saturated heterocycles. The maximum absolute atomic E-state index is 10.2. The maximum Gasteiger partial charge on any atom is 0.404 e. The van der Waals surface area contributed by atoms with E-state index < -0.39 is 6.09 Å². The van der Waals surface area contributed by atoms with Crippen LogP contribution in [0.5, 0.6) is 0 Å². The van der Waals surface area contributed by atoms with Crippen LogP contribution in [0.25, 0.3) is 0 Å². The van der Waals surface area contributed by atoms with Gasteiger partial charge >= 0.3 is 6.09 Å². The Morgan fingerprint density at radius 1 is 1.57 bits per heavy atom. The van der Waals surface area contributed by atoms with Gasteiger partial charge in [0.05, 0.1) is 6.61 Å². The molecule has 0 atom stereocenters.